The molecule has 1 aromatic heterocycles. The van der Waals surface area contributed by atoms with Crippen LogP contribution in [-0.4, -0.2) is 154 Å². The molecule has 0 amide bonds. The monoisotopic (exact) mass is 1130 g/mol. The Bertz CT molecular complexity index is 2110. The van der Waals surface area contributed by atoms with Gasteiger partial charge in [-0.25, -0.2) is 4.68 Å². The topological polar surface area (TPSA) is 318 Å². The highest BCUT2D eigenvalue weighted by molar-refractivity contribution is 14.1. The Morgan fingerprint density at radius 3 is 1.89 bits per heavy atom. The number of aromatic nitrogens is 3. The molecule has 72 heavy (non-hydrogen) atoms. The van der Waals surface area contributed by atoms with Crippen molar-refractivity contribution in [3.05, 3.63) is 75.1 Å². The Balaban J connectivity index is 0.000000280. The average molecular weight is 1130 g/mol. The highest BCUT2D eigenvalue weighted by Gasteiger charge is 2.53. The van der Waals surface area contributed by atoms with Gasteiger partial charge in [0.05, 0.1) is 25.1 Å². The third kappa shape index (κ3) is 20.3. The molecule has 22 nitrogen and oxygen atoms in total. The Hall–Kier alpha value is -4.69. The first-order chi connectivity index (χ1) is 34.4. The minimum absolute atomic E-state index is 0.0381. The Morgan fingerprint density at radius 2 is 1.36 bits per heavy atom. The zero-order chi connectivity index (χ0) is 53.3. The van der Waals surface area contributed by atoms with Crippen molar-refractivity contribution in [1.29, 1.82) is 0 Å². The standard InChI is InChI=1S/C17H22O10.C16H22N4O6.C9H19N.C7H8IN/c1-6-7-22-17-16(26-12(5)21)15(25-11(4)20)14(24-10(3)19)13(27-17)8-23-9(2)18;17-5-9-1-3-11(4-2-9)20-6-10(18-19-20)8-25-16-15(24)14(23)13(22)12(7-21)26-16;1-3-8-6-4-5-7-9(8)10-2;8-7-3-1-6(5-9)2-4-7/h1,13-17H,7-8H2,2-5H3;1-4,6,12-16,21-24H,5,7-8,17H2;8-10H,3-7H2,1-2H3;1-4H,5,9H2/t13-,14-,15?,16?,17-;12-,13-,14?,15?,16-;8-,9-;/m110./s1. The zero-order valence-electron chi connectivity index (χ0n) is 41.5. The SMILES string of the molecule is C#CCO[C@@H]1O[C@H](COC(C)=O)[C@@H](OC(C)=O)C(OC(C)=O)C1OC(C)=O.CC[C@H]1CCCC[C@@H]1NC.NCc1ccc(-n2cc(CO[C@@H]3O[C@H](CO)[C@@H](O)C(O)C3O)nn2)cc1.NCc1ccc(I)cc1. The van der Waals surface area contributed by atoms with Crippen LogP contribution in [0.3, 0.4) is 0 Å². The lowest BCUT2D eigenvalue weighted by Crippen LogP contribution is -2.62. The van der Waals surface area contributed by atoms with Crippen LogP contribution in [-0.2, 0) is 76.8 Å². The molecule has 2 aliphatic heterocycles. The van der Waals surface area contributed by atoms with E-state index in [4.69, 9.17) is 60.9 Å². The fourth-order valence-corrected chi connectivity index (χ4v) is 8.16. The van der Waals surface area contributed by atoms with E-state index in [9.17, 15) is 34.5 Å². The normalized spacial score (nSPS) is 26.6. The van der Waals surface area contributed by atoms with Gasteiger partial charge in [0.25, 0.3) is 0 Å². The van der Waals surface area contributed by atoms with Crippen molar-refractivity contribution in [2.75, 3.05) is 26.9 Å². The van der Waals surface area contributed by atoms with Crippen LogP contribution in [0.15, 0.2) is 54.7 Å². The van der Waals surface area contributed by atoms with Gasteiger partial charge in [0, 0.05) is 50.4 Å². The Labute approximate surface area is 433 Å². The number of esters is 4. The number of nitrogens with one attached hydrogen (secondary N) is 1. The summed E-state index contributed by atoms with van der Waals surface area (Å²) in [6.45, 7) is 6.90. The number of benzene rings is 2. The molecule has 400 valence electrons. The zero-order valence-corrected chi connectivity index (χ0v) is 43.7. The predicted molar refractivity (Wildman–Crippen MR) is 267 cm³/mol. The van der Waals surface area contributed by atoms with E-state index in [2.05, 4.69) is 70.2 Å². The van der Waals surface area contributed by atoms with Crippen molar-refractivity contribution >= 4 is 46.5 Å². The first-order valence-corrected chi connectivity index (χ1v) is 24.6. The number of rotatable bonds is 16. The summed E-state index contributed by atoms with van der Waals surface area (Å²) < 4.78 is 45.0. The minimum Gasteiger partial charge on any atom is -0.463 e. The van der Waals surface area contributed by atoms with Gasteiger partial charge >= 0.3 is 23.9 Å². The molecule has 0 bridgehead atoms. The number of carbonyl (C=O) groups is 4. The molecular formula is C49H71IN6O16. The maximum Gasteiger partial charge on any atom is 0.303 e. The highest BCUT2D eigenvalue weighted by Crippen LogP contribution is 2.30. The van der Waals surface area contributed by atoms with Crippen molar-refractivity contribution < 1.29 is 77.5 Å². The third-order valence-electron chi connectivity index (χ3n) is 11.5. The number of nitrogens with two attached hydrogens (primary N) is 2. The minimum atomic E-state index is -1.48. The number of terminal acetylenes is 1. The molecule has 0 radical (unpaired) electrons. The van der Waals surface area contributed by atoms with Crippen LogP contribution < -0.4 is 16.8 Å². The highest BCUT2D eigenvalue weighted by atomic mass is 127. The van der Waals surface area contributed by atoms with Crippen LogP contribution >= 0.6 is 22.6 Å². The van der Waals surface area contributed by atoms with Crippen molar-refractivity contribution in [1.82, 2.24) is 20.3 Å². The number of aliphatic hydroxyl groups is 4. The number of hydrogen-bond donors (Lipinski definition) is 7. The fraction of sp³-hybridized carbons (Fsp3) is 0.592. The maximum absolute atomic E-state index is 11.6. The van der Waals surface area contributed by atoms with Gasteiger partial charge in [0.15, 0.2) is 30.9 Å². The van der Waals surface area contributed by atoms with Gasteiger partial charge < -0.3 is 75.1 Å². The molecule has 3 fully saturated rings. The predicted octanol–water partition coefficient (Wildman–Crippen LogP) is 1.69. The molecule has 3 heterocycles. The maximum atomic E-state index is 11.6. The van der Waals surface area contributed by atoms with E-state index in [0.29, 0.717) is 18.8 Å². The van der Waals surface area contributed by atoms with Crippen LogP contribution in [0, 0.1) is 21.8 Å². The summed E-state index contributed by atoms with van der Waals surface area (Å²) in [7, 11) is 2.10. The molecule has 9 N–H and O–H groups in total. The summed E-state index contributed by atoms with van der Waals surface area (Å²) >= 11 is 2.27. The molecular weight excluding hydrogens is 1060 g/mol. The van der Waals surface area contributed by atoms with E-state index in [1.807, 2.05) is 36.4 Å². The van der Waals surface area contributed by atoms with Crippen LogP contribution in [0.4, 0.5) is 0 Å². The van der Waals surface area contributed by atoms with Crippen molar-refractivity contribution in [3.63, 3.8) is 0 Å². The number of halogens is 1. The van der Waals surface area contributed by atoms with E-state index < -0.39 is 91.9 Å². The number of aliphatic hydroxyl groups excluding tert-OH is 4. The summed E-state index contributed by atoms with van der Waals surface area (Å²) in [6.07, 6.45) is 1.26. The van der Waals surface area contributed by atoms with Crippen molar-refractivity contribution in [3.8, 4) is 18.0 Å². The average Bonchev–Trinajstić information content (AvgIpc) is 3.85. The molecule has 2 saturated heterocycles. The summed E-state index contributed by atoms with van der Waals surface area (Å²) in [6, 6.07) is 16.5. The lowest BCUT2D eigenvalue weighted by Gasteiger charge is -2.43. The number of hydrogen-bond acceptors (Lipinski definition) is 21. The van der Waals surface area contributed by atoms with Crippen molar-refractivity contribution in [2.24, 2.45) is 17.4 Å². The molecule has 4 unspecified atom stereocenters. The molecule has 1 aliphatic carbocycles. The van der Waals surface area contributed by atoms with Crippen LogP contribution in [0.1, 0.15) is 83.5 Å². The molecule has 6 rings (SSSR count). The summed E-state index contributed by atoms with van der Waals surface area (Å²) in [5, 5.41) is 50.0. The third-order valence-corrected chi connectivity index (χ3v) is 12.2. The van der Waals surface area contributed by atoms with E-state index in [1.54, 1.807) is 10.9 Å². The second kappa shape index (κ2) is 32.5. The van der Waals surface area contributed by atoms with Crippen LogP contribution in [0.25, 0.3) is 5.69 Å². The molecule has 3 aliphatic rings. The van der Waals surface area contributed by atoms with E-state index >= 15 is 0 Å². The van der Waals surface area contributed by atoms with Gasteiger partial charge in [0.1, 0.15) is 49.4 Å². The quantitative estimate of drug-likeness (QED) is 0.0464. The Kier molecular flexibility index (Phi) is 27.8. The van der Waals surface area contributed by atoms with Gasteiger partial charge in [-0.2, -0.15) is 0 Å². The van der Waals surface area contributed by atoms with E-state index in [0.717, 1.165) is 44.0 Å². The van der Waals surface area contributed by atoms with Gasteiger partial charge in [-0.3, -0.25) is 19.2 Å². The number of nitrogens with zero attached hydrogens (tertiary/aromatic N) is 3. The fourth-order valence-electron chi connectivity index (χ4n) is 7.80. The van der Waals surface area contributed by atoms with E-state index in [-0.39, 0.29) is 19.8 Å². The summed E-state index contributed by atoms with van der Waals surface area (Å²) in [4.78, 5) is 45.7. The molecule has 1 saturated carbocycles. The van der Waals surface area contributed by atoms with Gasteiger partial charge in [-0.05, 0) is 83.8 Å². The first-order valence-electron chi connectivity index (χ1n) is 23.5. The van der Waals surface area contributed by atoms with E-state index in [1.165, 1.54) is 48.2 Å². The molecule has 2 aromatic carbocycles. The molecule has 23 heteroatoms. The second-order valence-electron chi connectivity index (χ2n) is 16.8. The summed E-state index contributed by atoms with van der Waals surface area (Å²) in [5.74, 6) is 0.438. The van der Waals surface area contributed by atoms with Gasteiger partial charge in [-0.1, -0.05) is 61.6 Å². The molecule has 3 aromatic rings. The van der Waals surface area contributed by atoms with Crippen LogP contribution in [0.2, 0.25) is 0 Å². The first kappa shape index (κ1) is 61.6. The molecule has 0 spiro atoms. The van der Waals surface area contributed by atoms with Gasteiger partial charge in [0.2, 0.25) is 0 Å². The van der Waals surface area contributed by atoms with Crippen molar-refractivity contribution in [2.45, 2.75) is 154 Å². The van der Waals surface area contributed by atoms with Gasteiger partial charge in [-0.15, -0.1) is 11.5 Å². The smallest absolute Gasteiger partial charge is 0.303 e. The summed E-state index contributed by atoms with van der Waals surface area (Å²) in [5.41, 5.74) is 14.4. The largest absolute Gasteiger partial charge is 0.463 e. The lowest BCUT2D eigenvalue weighted by molar-refractivity contribution is -0.305. The number of carbonyl (C=O) groups excluding carboxylic acids is 4. The molecule has 12 atom stereocenters. The second-order valence-corrected chi connectivity index (χ2v) is 18.0. The van der Waals surface area contributed by atoms with Crippen LogP contribution in [0.5, 0.6) is 0 Å². The number of ether oxygens (including phenoxy) is 8. The Morgan fingerprint density at radius 1 is 0.792 bits per heavy atom. The lowest BCUT2D eigenvalue weighted by atomic mass is 9.83.